The Kier molecular flexibility index (Phi) is 11.0. The van der Waals surface area contributed by atoms with E-state index >= 15 is 0 Å². The largest absolute Gasteiger partial charge is 0.492 e. The summed E-state index contributed by atoms with van der Waals surface area (Å²) in [5.74, 6) is -0.459. The molecule has 200 valence electrons. The minimum absolute atomic E-state index is 0.229. The van der Waals surface area contributed by atoms with Crippen LogP contribution in [-0.4, -0.2) is 71.7 Å². The smallest absolute Gasteiger partial charge is 0.396 e. The van der Waals surface area contributed by atoms with Crippen molar-refractivity contribution in [1.29, 1.82) is 0 Å². The molecule has 0 bridgehead atoms. The molecule has 0 aromatic heterocycles. The second kappa shape index (κ2) is 10.8. The van der Waals surface area contributed by atoms with Gasteiger partial charge in [-0.25, -0.2) is 0 Å². The van der Waals surface area contributed by atoms with Crippen molar-refractivity contribution in [1.82, 2.24) is 0 Å². The summed E-state index contributed by atoms with van der Waals surface area (Å²) in [6.07, 6.45) is 0. The topological polar surface area (TPSA) is 52.6 Å². The van der Waals surface area contributed by atoms with Crippen LogP contribution in [0.5, 0.6) is 0 Å². The van der Waals surface area contributed by atoms with Crippen molar-refractivity contribution in [3.8, 4) is 0 Å². The normalized spacial score (nSPS) is 15.1. The van der Waals surface area contributed by atoms with Crippen molar-refractivity contribution < 1.29 is 18.4 Å². The number of carbonyl (C=O) groups is 2. The average molecular weight is 609 g/mol. The molecular formula is C22H56O4Si8. The van der Waals surface area contributed by atoms with Gasteiger partial charge in [0.25, 0.3) is 11.9 Å². The van der Waals surface area contributed by atoms with Crippen LogP contribution in [-0.2, 0) is 18.4 Å². The molecule has 0 rings (SSSR count). The zero-order valence-corrected chi connectivity index (χ0v) is 33.8. The number of hydrogen-bond acceptors (Lipinski definition) is 4. The fourth-order valence-corrected chi connectivity index (χ4v) is 233. The number of hydrogen-bond donors (Lipinski definition) is 0. The fraction of sp³-hybridized carbons (Fsp3) is 0.909. The van der Waals surface area contributed by atoms with Crippen molar-refractivity contribution in [2.24, 2.45) is 0 Å². The molecule has 0 saturated carbocycles. The lowest BCUT2D eigenvalue weighted by atomic mass is 10.6. The van der Waals surface area contributed by atoms with Gasteiger partial charge in [0.1, 0.15) is 15.2 Å². The molecule has 0 spiro atoms. The van der Waals surface area contributed by atoms with Crippen molar-refractivity contribution in [2.75, 3.05) is 0 Å². The minimum atomic E-state index is -3.23. The summed E-state index contributed by atoms with van der Waals surface area (Å²) < 4.78 is 13.6. The molecule has 34 heavy (non-hydrogen) atoms. The first-order chi connectivity index (χ1) is 14.7. The van der Waals surface area contributed by atoms with Crippen LogP contribution in [0.25, 0.3) is 0 Å². The van der Waals surface area contributed by atoms with E-state index in [4.69, 9.17) is 8.85 Å². The third-order valence-electron chi connectivity index (χ3n) is 7.92. The molecule has 0 aliphatic heterocycles. The summed E-state index contributed by atoms with van der Waals surface area (Å²) in [7, 11) is -9.77. The Morgan fingerprint density at radius 1 is 0.559 bits per heavy atom. The van der Waals surface area contributed by atoms with E-state index in [-0.39, 0.29) is 11.9 Å². The first-order valence-electron chi connectivity index (χ1n) is 12.9. The van der Waals surface area contributed by atoms with Gasteiger partial charge in [-0.1, -0.05) is 117 Å². The molecule has 0 N–H and O–H groups in total. The molecule has 0 aromatic rings. The monoisotopic (exact) mass is 608 g/mol. The van der Waals surface area contributed by atoms with Gasteiger partial charge in [0.15, 0.2) is 0 Å². The van der Waals surface area contributed by atoms with Gasteiger partial charge in [0.05, 0.1) is 0 Å². The van der Waals surface area contributed by atoms with Crippen molar-refractivity contribution >= 4 is 71.7 Å². The molecule has 0 unspecified atom stereocenters. The standard InChI is InChI=1S/C22H56O4Si8/c1-19(2)32(28(7,8)9,29(10,11)12)27-34(25-21(5)23,26-22(6)24)33(20(3)4,30(13,14)15)31(16,17)18/h19-20H,1-18H3. The summed E-state index contributed by atoms with van der Waals surface area (Å²) in [4.78, 5) is 26.1. The van der Waals surface area contributed by atoms with E-state index in [1.54, 1.807) is 13.8 Å². The number of rotatable bonds is 11. The molecule has 12 heteroatoms. The maximum atomic E-state index is 13.0. The van der Waals surface area contributed by atoms with E-state index < -0.39 is 51.2 Å². The molecule has 0 amide bonds. The first kappa shape index (κ1) is 34.7. The minimum Gasteiger partial charge on any atom is -0.492 e. The summed E-state index contributed by atoms with van der Waals surface area (Å²) >= 11 is 0. The molecule has 0 fully saturated rings. The highest BCUT2D eigenvalue weighted by atomic mass is 30.2. The Hall–Kier alpha value is 0.675. The van der Waals surface area contributed by atoms with Crippen LogP contribution in [0.1, 0.15) is 41.5 Å². The Morgan fingerprint density at radius 3 is 1.00 bits per heavy atom. The highest BCUT2D eigenvalue weighted by molar-refractivity contribution is 8.04. The van der Waals surface area contributed by atoms with Crippen LogP contribution in [0.2, 0.25) is 89.6 Å². The average Bonchev–Trinajstić information content (AvgIpc) is 2.44. The molecule has 0 atom stereocenters. The third kappa shape index (κ3) is 6.04. The van der Waals surface area contributed by atoms with Gasteiger partial charge < -0.3 is 8.85 Å². The summed E-state index contributed by atoms with van der Waals surface area (Å²) in [5.41, 5.74) is 1.01. The van der Waals surface area contributed by atoms with Gasteiger partial charge in [-0.2, -0.15) is 0 Å². The number of carbonyl (C=O) groups excluding carboxylic acids is 2. The van der Waals surface area contributed by atoms with Crippen LogP contribution in [0.15, 0.2) is 0 Å². The molecule has 2 radical (unpaired) electrons. The van der Waals surface area contributed by atoms with Crippen LogP contribution in [0.4, 0.5) is 0 Å². The molecular weight excluding hydrogens is 553 g/mol. The summed E-state index contributed by atoms with van der Waals surface area (Å²) in [5, 5.41) is 0. The van der Waals surface area contributed by atoms with E-state index in [0.29, 0.717) is 19.6 Å². The zero-order valence-electron chi connectivity index (χ0n) is 25.8. The van der Waals surface area contributed by atoms with Crippen LogP contribution >= 0.6 is 0 Å². The predicted octanol–water partition coefficient (Wildman–Crippen LogP) is 6.71. The summed E-state index contributed by atoms with van der Waals surface area (Å²) in [6, 6.07) is 0. The van der Waals surface area contributed by atoms with E-state index in [1.807, 2.05) is 0 Å². The lowest BCUT2D eigenvalue weighted by Crippen LogP contribution is -2.95. The maximum absolute atomic E-state index is 13.0. The molecule has 0 saturated heterocycles. The predicted molar refractivity (Wildman–Crippen MR) is 170 cm³/mol. The van der Waals surface area contributed by atoms with Crippen molar-refractivity contribution in [2.45, 2.75) is 131 Å². The Labute approximate surface area is 220 Å². The van der Waals surface area contributed by atoms with Gasteiger partial charge in [0.2, 0.25) is 0 Å². The maximum Gasteiger partial charge on any atom is 0.396 e. The lowest BCUT2D eigenvalue weighted by Gasteiger charge is -2.63. The SMILES string of the molecule is CC(=O)O[Si](OC(C)=O)([Si][Si](C(C)C)([Si](C)(C)C)[Si](C)(C)C)[Si](C(C)C)([Si](C)(C)C)[Si](C)(C)C. The van der Waals surface area contributed by atoms with Gasteiger partial charge in [-0.3, -0.25) is 9.59 Å². The van der Waals surface area contributed by atoms with E-state index in [9.17, 15) is 9.59 Å². The Balaban J connectivity index is 8.23. The quantitative estimate of drug-likeness (QED) is 0.245. The third-order valence-corrected chi connectivity index (χ3v) is 154. The lowest BCUT2D eigenvalue weighted by molar-refractivity contribution is -0.137. The zero-order chi connectivity index (χ0) is 27.9. The van der Waals surface area contributed by atoms with Gasteiger partial charge in [0, 0.05) is 50.8 Å². The fourth-order valence-electron chi connectivity index (χ4n) is 8.60. The van der Waals surface area contributed by atoms with Crippen molar-refractivity contribution in [3.63, 3.8) is 0 Å². The first-order valence-corrected chi connectivity index (χ1v) is 40.8. The molecule has 0 aliphatic rings. The van der Waals surface area contributed by atoms with Gasteiger partial charge in [-0.05, 0) is 0 Å². The summed E-state index contributed by atoms with van der Waals surface area (Å²) in [6.45, 7) is 38.8. The highest BCUT2D eigenvalue weighted by Crippen LogP contribution is 2.48. The molecule has 4 nitrogen and oxygen atoms in total. The van der Waals surface area contributed by atoms with Gasteiger partial charge in [-0.15, -0.1) is 0 Å². The van der Waals surface area contributed by atoms with Gasteiger partial charge >= 0.3 is 7.60 Å². The second-order valence-electron chi connectivity index (χ2n) is 14.9. The Morgan fingerprint density at radius 2 is 0.853 bits per heavy atom. The van der Waals surface area contributed by atoms with Crippen LogP contribution in [0.3, 0.4) is 0 Å². The molecule has 0 aromatic carbocycles. The van der Waals surface area contributed by atoms with Crippen LogP contribution in [0, 0.1) is 0 Å². The molecule has 0 aliphatic carbocycles. The van der Waals surface area contributed by atoms with E-state index in [0.717, 1.165) is 0 Å². The second-order valence-corrected chi connectivity index (χ2v) is 89.9. The molecule has 0 heterocycles. The highest BCUT2D eigenvalue weighted by Gasteiger charge is 2.78. The van der Waals surface area contributed by atoms with Crippen molar-refractivity contribution in [3.05, 3.63) is 0 Å². The van der Waals surface area contributed by atoms with Crippen LogP contribution < -0.4 is 0 Å². The van der Waals surface area contributed by atoms with E-state index in [1.165, 1.54) is 0 Å². The Bertz CT molecular complexity index is 696. The van der Waals surface area contributed by atoms with E-state index in [2.05, 4.69) is 106 Å².